The first-order valence-electron chi connectivity index (χ1n) is 6.32. The van der Waals surface area contributed by atoms with E-state index < -0.39 is 5.97 Å². The zero-order chi connectivity index (χ0) is 14.2. The van der Waals surface area contributed by atoms with Crippen molar-refractivity contribution in [2.75, 3.05) is 17.7 Å². The summed E-state index contributed by atoms with van der Waals surface area (Å²) in [4.78, 5) is 23.9. The summed E-state index contributed by atoms with van der Waals surface area (Å²) in [6, 6.07) is 0.353. The van der Waals surface area contributed by atoms with Crippen molar-refractivity contribution in [3.8, 4) is 0 Å². The van der Waals surface area contributed by atoms with Crippen LogP contribution in [0.15, 0.2) is 0 Å². The summed E-state index contributed by atoms with van der Waals surface area (Å²) in [7, 11) is 0. The summed E-state index contributed by atoms with van der Waals surface area (Å²) in [5, 5.41) is 3.92. The zero-order valence-electron chi connectivity index (χ0n) is 11.3. The number of nitrogens with two attached hydrogens (primary N) is 1. The molecule has 1 fully saturated rings. The highest BCUT2D eigenvalue weighted by atomic mass is 32.1. The van der Waals surface area contributed by atoms with E-state index >= 15 is 0 Å². The summed E-state index contributed by atoms with van der Waals surface area (Å²) in [5.74, 6) is -0.0244. The predicted molar refractivity (Wildman–Crippen MR) is 75.9 cm³/mol. The van der Waals surface area contributed by atoms with Crippen LogP contribution in [0.4, 0.5) is 10.7 Å². The molecule has 2 unspecified atom stereocenters. The standard InChI is InChI=1S/C13H18N2O3S/c1-4-18-13(17)9-10(14)11(7(3)16)19-12(9)15-8-5-6(8)2/h6,8,15H,4-5,14H2,1-3H3. The Hall–Kier alpha value is -1.56. The van der Waals surface area contributed by atoms with E-state index in [2.05, 4.69) is 12.2 Å². The first-order valence-corrected chi connectivity index (χ1v) is 7.14. The highest BCUT2D eigenvalue weighted by molar-refractivity contribution is 7.19. The Bertz CT molecular complexity index is 524. The lowest BCUT2D eigenvalue weighted by Gasteiger charge is -2.06. The monoisotopic (exact) mass is 282 g/mol. The van der Waals surface area contributed by atoms with Crippen molar-refractivity contribution in [3.05, 3.63) is 10.4 Å². The van der Waals surface area contributed by atoms with Gasteiger partial charge in [-0.2, -0.15) is 0 Å². The van der Waals surface area contributed by atoms with E-state index in [1.807, 2.05) is 0 Å². The molecule has 1 aliphatic rings. The van der Waals surface area contributed by atoms with Crippen LogP contribution in [0.5, 0.6) is 0 Å². The molecule has 0 radical (unpaired) electrons. The number of anilines is 2. The fraction of sp³-hybridized carbons (Fsp3) is 0.538. The lowest BCUT2D eigenvalue weighted by Crippen LogP contribution is -2.11. The summed E-state index contributed by atoms with van der Waals surface area (Å²) >= 11 is 1.23. The van der Waals surface area contributed by atoms with Crippen molar-refractivity contribution in [3.63, 3.8) is 0 Å². The number of rotatable bonds is 5. The predicted octanol–water partition coefficient (Wildman–Crippen LogP) is 2.53. The number of ether oxygens (including phenoxy) is 1. The number of nitrogens with one attached hydrogen (secondary N) is 1. The molecule has 0 bridgehead atoms. The molecular formula is C13H18N2O3S. The average Bonchev–Trinajstić information content (AvgIpc) is 2.89. The number of esters is 1. The number of thiophene rings is 1. The minimum absolute atomic E-state index is 0.134. The second kappa shape index (κ2) is 5.21. The number of carbonyl (C=O) groups is 2. The van der Waals surface area contributed by atoms with Gasteiger partial charge in [0.15, 0.2) is 5.78 Å². The van der Waals surface area contributed by atoms with Crippen LogP contribution in [0.2, 0.25) is 0 Å². The lowest BCUT2D eigenvalue weighted by molar-refractivity contribution is 0.0529. The number of hydrogen-bond donors (Lipinski definition) is 2. The van der Waals surface area contributed by atoms with E-state index in [1.54, 1.807) is 6.92 Å². The Morgan fingerprint density at radius 2 is 2.16 bits per heavy atom. The second-order valence-corrected chi connectivity index (χ2v) is 5.81. The number of carbonyl (C=O) groups excluding carboxylic acids is 2. The molecule has 2 rings (SSSR count). The third-order valence-corrected chi connectivity index (χ3v) is 4.41. The van der Waals surface area contributed by atoms with Crippen LogP contribution in [-0.4, -0.2) is 24.4 Å². The van der Waals surface area contributed by atoms with E-state index in [-0.39, 0.29) is 18.1 Å². The molecule has 1 aromatic heterocycles. The number of nitrogen functional groups attached to an aromatic ring is 1. The van der Waals surface area contributed by atoms with Crippen LogP contribution in [0.3, 0.4) is 0 Å². The number of ketones is 1. The molecule has 19 heavy (non-hydrogen) atoms. The minimum Gasteiger partial charge on any atom is -0.462 e. The van der Waals surface area contributed by atoms with Gasteiger partial charge in [0.25, 0.3) is 0 Å². The van der Waals surface area contributed by atoms with Crippen LogP contribution in [0.1, 0.15) is 47.2 Å². The Morgan fingerprint density at radius 3 is 2.63 bits per heavy atom. The van der Waals surface area contributed by atoms with Gasteiger partial charge in [0.2, 0.25) is 0 Å². The van der Waals surface area contributed by atoms with E-state index in [0.29, 0.717) is 27.4 Å². The van der Waals surface area contributed by atoms with Gasteiger partial charge in [0.1, 0.15) is 10.6 Å². The molecule has 1 saturated carbocycles. The van der Waals surface area contributed by atoms with Crippen molar-refractivity contribution in [1.29, 1.82) is 0 Å². The number of Topliss-reactive ketones (excluding diaryl/α,β-unsaturated/α-hetero) is 1. The average molecular weight is 282 g/mol. The minimum atomic E-state index is -0.473. The number of hydrogen-bond acceptors (Lipinski definition) is 6. The third kappa shape index (κ3) is 2.73. The van der Waals surface area contributed by atoms with Crippen molar-refractivity contribution >= 4 is 33.8 Å². The van der Waals surface area contributed by atoms with Gasteiger partial charge in [-0.15, -0.1) is 11.3 Å². The normalized spacial score (nSPS) is 21.0. The fourth-order valence-corrected chi connectivity index (χ4v) is 2.97. The maximum absolute atomic E-state index is 12.0. The highest BCUT2D eigenvalue weighted by Gasteiger charge is 2.35. The van der Waals surface area contributed by atoms with Crippen LogP contribution < -0.4 is 11.1 Å². The molecule has 0 saturated heterocycles. The second-order valence-electron chi connectivity index (χ2n) is 4.79. The molecule has 1 heterocycles. The Balaban J connectivity index is 2.35. The van der Waals surface area contributed by atoms with Gasteiger partial charge in [-0.1, -0.05) is 6.92 Å². The summed E-state index contributed by atoms with van der Waals surface area (Å²) < 4.78 is 5.01. The van der Waals surface area contributed by atoms with Crippen LogP contribution in [0, 0.1) is 5.92 Å². The largest absolute Gasteiger partial charge is 0.462 e. The topological polar surface area (TPSA) is 81.4 Å². The molecular weight excluding hydrogens is 264 g/mol. The Kier molecular flexibility index (Phi) is 3.80. The summed E-state index contributed by atoms with van der Waals surface area (Å²) in [5.41, 5.74) is 6.45. The molecule has 1 aromatic rings. The molecule has 6 heteroatoms. The SMILES string of the molecule is CCOC(=O)c1c(NC2CC2C)sc(C(C)=O)c1N. The van der Waals surface area contributed by atoms with E-state index in [4.69, 9.17) is 10.5 Å². The van der Waals surface area contributed by atoms with Gasteiger partial charge in [0.05, 0.1) is 17.2 Å². The van der Waals surface area contributed by atoms with Gasteiger partial charge in [-0.05, 0) is 19.3 Å². The van der Waals surface area contributed by atoms with Crippen LogP contribution in [-0.2, 0) is 4.74 Å². The van der Waals surface area contributed by atoms with Gasteiger partial charge in [-0.25, -0.2) is 4.79 Å². The van der Waals surface area contributed by atoms with Gasteiger partial charge >= 0.3 is 5.97 Å². The fourth-order valence-electron chi connectivity index (χ4n) is 1.90. The van der Waals surface area contributed by atoms with E-state index in [0.717, 1.165) is 6.42 Å². The van der Waals surface area contributed by atoms with E-state index in [9.17, 15) is 9.59 Å². The first kappa shape index (κ1) is 13.9. The van der Waals surface area contributed by atoms with Crippen LogP contribution >= 0.6 is 11.3 Å². The smallest absolute Gasteiger partial charge is 0.343 e. The van der Waals surface area contributed by atoms with Crippen molar-refractivity contribution in [2.45, 2.75) is 33.2 Å². The Morgan fingerprint density at radius 1 is 1.53 bits per heavy atom. The van der Waals surface area contributed by atoms with Crippen molar-refractivity contribution < 1.29 is 14.3 Å². The lowest BCUT2D eigenvalue weighted by atomic mass is 10.2. The highest BCUT2D eigenvalue weighted by Crippen LogP contribution is 2.41. The summed E-state index contributed by atoms with van der Waals surface area (Å²) in [6.45, 7) is 5.59. The molecule has 0 spiro atoms. The maximum atomic E-state index is 12.0. The van der Waals surface area contributed by atoms with Crippen molar-refractivity contribution in [1.82, 2.24) is 0 Å². The van der Waals surface area contributed by atoms with Gasteiger partial charge in [0, 0.05) is 13.0 Å². The third-order valence-electron chi connectivity index (χ3n) is 3.17. The molecule has 5 nitrogen and oxygen atoms in total. The maximum Gasteiger partial charge on any atom is 0.343 e. The van der Waals surface area contributed by atoms with Gasteiger partial charge < -0.3 is 15.8 Å². The van der Waals surface area contributed by atoms with Gasteiger partial charge in [-0.3, -0.25) is 4.79 Å². The quantitative estimate of drug-likeness (QED) is 0.640. The molecule has 0 aliphatic heterocycles. The zero-order valence-corrected chi connectivity index (χ0v) is 12.1. The molecule has 3 N–H and O–H groups in total. The first-order chi connectivity index (χ1) is 8.95. The van der Waals surface area contributed by atoms with Crippen molar-refractivity contribution in [2.24, 2.45) is 5.92 Å². The molecule has 0 amide bonds. The summed E-state index contributed by atoms with van der Waals surface area (Å²) in [6.07, 6.45) is 1.06. The van der Waals surface area contributed by atoms with E-state index in [1.165, 1.54) is 18.3 Å². The Labute approximate surface area is 116 Å². The molecule has 2 atom stereocenters. The molecule has 0 aromatic carbocycles. The molecule has 104 valence electrons. The molecule has 1 aliphatic carbocycles. The van der Waals surface area contributed by atoms with Crippen LogP contribution in [0.25, 0.3) is 0 Å².